The maximum absolute atomic E-state index is 11.7. The summed E-state index contributed by atoms with van der Waals surface area (Å²) in [6.07, 6.45) is 16.6. The van der Waals surface area contributed by atoms with Gasteiger partial charge in [0.05, 0.1) is 11.5 Å². The maximum atomic E-state index is 11.7. The molecule has 0 amide bonds. The number of carbonyl (C=O) groups excluding carboxylic acids is 1. The third kappa shape index (κ3) is 9.53. The van der Waals surface area contributed by atoms with Crippen LogP contribution in [0.25, 0.3) is 11.0 Å². The number of anilines is 1. The number of terminal acetylenes is 1. The molecule has 1 aliphatic rings. The van der Waals surface area contributed by atoms with Gasteiger partial charge in [-0.15, -0.1) is 12.8 Å². The van der Waals surface area contributed by atoms with Crippen LogP contribution in [0.2, 0.25) is 5.28 Å². The van der Waals surface area contributed by atoms with E-state index < -0.39 is 6.16 Å². The predicted octanol–water partition coefficient (Wildman–Crippen LogP) is 4.99. The van der Waals surface area contributed by atoms with Gasteiger partial charge in [0, 0.05) is 30.6 Å². The molecule has 0 aromatic carbocycles. The number of rotatable bonds is 9. The molecule has 11 nitrogen and oxygen atoms in total. The van der Waals surface area contributed by atoms with Gasteiger partial charge >= 0.3 is 12.1 Å². The van der Waals surface area contributed by atoms with Crippen molar-refractivity contribution in [2.24, 2.45) is 0 Å². The van der Waals surface area contributed by atoms with Crippen LogP contribution in [0, 0.1) is 12.8 Å². The monoisotopic (exact) mass is 545 g/mol. The summed E-state index contributed by atoms with van der Waals surface area (Å²) in [6.45, 7) is 2.45. The number of esters is 1. The standard InChI is InChI=1S/C17H23ClN4O3.C7H7NO3.C2H2/c1-2-3-4-5-14(23)24-10-11-6-7-13(25-11)22-9-8-12-15(19)20-17(18)21-16(12)22;9-7(10)11-5-6-2-1-3-8-4-6;1-2/h8-9,11,13H,2-7,10H2,1H3,(H2,19,20,21);1-4H,5H2,(H,9,10);1-2H/t11-,13+;;/m0../s1. The van der Waals surface area contributed by atoms with Crippen molar-refractivity contribution < 1.29 is 28.9 Å². The van der Waals surface area contributed by atoms with Gasteiger partial charge in [-0.3, -0.25) is 9.78 Å². The Balaban J connectivity index is 0.000000327. The second-order valence-electron chi connectivity index (χ2n) is 8.18. The number of fused-ring (bicyclic) bond motifs is 1. The minimum absolute atomic E-state index is 0.0587. The summed E-state index contributed by atoms with van der Waals surface area (Å²) in [7, 11) is 0. The molecule has 0 saturated carbocycles. The van der Waals surface area contributed by atoms with E-state index in [9.17, 15) is 9.59 Å². The summed E-state index contributed by atoms with van der Waals surface area (Å²) < 4.78 is 17.5. The largest absolute Gasteiger partial charge is 0.506 e. The molecule has 38 heavy (non-hydrogen) atoms. The first-order chi connectivity index (χ1) is 18.4. The SMILES string of the molecule is C#C.CCCCCC(=O)OC[C@@H]1CC[C@H](n2ccc3c(N)nc(Cl)nc32)O1.O=C(O)OCc1cccnc1. The number of carboxylic acid groups (broad SMARTS) is 1. The number of nitrogens with two attached hydrogens (primary N) is 1. The highest BCUT2D eigenvalue weighted by Gasteiger charge is 2.29. The summed E-state index contributed by atoms with van der Waals surface area (Å²) in [6, 6.07) is 5.32. The van der Waals surface area contributed by atoms with Crippen molar-refractivity contribution in [2.45, 2.75) is 64.4 Å². The van der Waals surface area contributed by atoms with E-state index in [0.717, 1.165) is 43.1 Å². The molecule has 3 N–H and O–H groups in total. The van der Waals surface area contributed by atoms with Gasteiger partial charge in [-0.05, 0) is 43.0 Å². The zero-order valence-electron chi connectivity index (χ0n) is 21.2. The van der Waals surface area contributed by atoms with Gasteiger partial charge < -0.3 is 29.6 Å². The van der Waals surface area contributed by atoms with Crippen LogP contribution in [0.15, 0.2) is 36.8 Å². The van der Waals surface area contributed by atoms with Crippen LogP contribution in [0.4, 0.5) is 10.6 Å². The predicted molar refractivity (Wildman–Crippen MR) is 142 cm³/mol. The first kappa shape index (κ1) is 30.3. The molecule has 0 bridgehead atoms. The average molecular weight is 546 g/mol. The number of pyridine rings is 1. The van der Waals surface area contributed by atoms with E-state index in [2.05, 4.69) is 39.5 Å². The van der Waals surface area contributed by atoms with E-state index in [1.54, 1.807) is 24.5 Å². The van der Waals surface area contributed by atoms with Crippen molar-refractivity contribution in [1.82, 2.24) is 19.5 Å². The minimum atomic E-state index is -1.27. The normalized spacial score (nSPS) is 16.0. The van der Waals surface area contributed by atoms with Gasteiger partial charge in [-0.1, -0.05) is 25.8 Å². The minimum Gasteiger partial charge on any atom is -0.463 e. The molecule has 4 rings (SSSR count). The molecule has 204 valence electrons. The lowest BCUT2D eigenvalue weighted by Crippen LogP contribution is -2.19. The van der Waals surface area contributed by atoms with Crippen molar-refractivity contribution in [2.75, 3.05) is 12.3 Å². The quantitative estimate of drug-likeness (QED) is 0.163. The second-order valence-corrected chi connectivity index (χ2v) is 8.52. The molecule has 4 heterocycles. The zero-order chi connectivity index (χ0) is 27.9. The molecular formula is C26H32ClN5O6. The molecule has 3 aromatic rings. The molecule has 1 saturated heterocycles. The molecule has 0 spiro atoms. The average Bonchev–Trinajstić information content (AvgIpc) is 3.56. The fourth-order valence-corrected chi connectivity index (χ4v) is 3.85. The van der Waals surface area contributed by atoms with E-state index in [4.69, 9.17) is 31.9 Å². The van der Waals surface area contributed by atoms with Crippen LogP contribution in [0.5, 0.6) is 0 Å². The Morgan fingerprint density at radius 3 is 2.71 bits per heavy atom. The summed E-state index contributed by atoms with van der Waals surface area (Å²) >= 11 is 5.91. The van der Waals surface area contributed by atoms with Gasteiger partial charge in [0.2, 0.25) is 5.28 Å². The van der Waals surface area contributed by atoms with Crippen LogP contribution >= 0.6 is 11.6 Å². The highest BCUT2D eigenvalue weighted by atomic mass is 35.5. The van der Waals surface area contributed by atoms with E-state index in [1.165, 1.54) is 0 Å². The van der Waals surface area contributed by atoms with Crippen LogP contribution in [0.3, 0.4) is 0 Å². The number of ether oxygens (including phenoxy) is 3. The molecule has 1 aliphatic heterocycles. The number of nitrogen functional groups attached to an aromatic ring is 1. The first-order valence-corrected chi connectivity index (χ1v) is 12.4. The Morgan fingerprint density at radius 1 is 1.24 bits per heavy atom. The number of carbonyl (C=O) groups is 2. The summed E-state index contributed by atoms with van der Waals surface area (Å²) in [5.41, 5.74) is 7.28. The Hall–Kier alpha value is -3.88. The van der Waals surface area contributed by atoms with Crippen molar-refractivity contribution in [3.05, 3.63) is 47.6 Å². The summed E-state index contributed by atoms with van der Waals surface area (Å²) in [5, 5.41) is 8.99. The van der Waals surface area contributed by atoms with Gasteiger partial charge in [-0.2, -0.15) is 4.98 Å². The first-order valence-electron chi connectivity index (χ1n) is 12.1. The Labute approximate surface area is 226 Å². The lowest BCUT2D eigenvalue weighted by atomic mass is 10.2. The number of halogens is 1. The second kappa shape index (κ2) is 16.1. The third-order valence-corrected chi connectivity index (χ3v) is 5.64. The number of hydrogen-bond donors (Lipinski definition) is 2. The van der Waals surface area contributed by atoms with Crippen LogP contribution < -0.4 is 5.73 Å². The Kier molecular flexibility index (Phi) is 12.8. The lowest BCUT2D eigenvalue weighted by Gasteiger charge is -2.16. The van der Waals surface area contributed by atoms with E-state index >= 15 is 0 Å². The van der Waals surface area contributed by atoms with E-state index in [1.807, 2.05) is 16.8 Å². The number of hydrogen-bond acceptors (Lipinski definition) is 9. The smallest absolute Gasteiger partial charge is 0.463 e. The third-order valence-electron chi connectivity index (χ3n) is 5.47. The molecule has 12 heteroatoms. The van der Waals surface area contributed by atoms with E-state index in [0.29, 0.717) is 24.5 Å². The number of aromatic nitrogens is 4. The fourth-order valence-electron chi connectivity index (χ4n) is 3.68. The Morgan fingerprint density at radius 2 is 2.03 bits per heavy atom. The van der Waals surface area contributed by atoms with Gasteiger partial charge in [0.15, 0.2) is 0 Å². The fraction of sp³-hybridized carbons (Fsp3) is 0.423. The number of unbranched alkanes of at least 4 members (excludes halogenated alkanes) is 2. The number of nitrogens with zero attached hydrogens (tertiary/aromatic N) is 4. The van der Waals surface area contributed by atoms with E-state index in [-0.39, 0.29) is 30.2 Å². The lowest BCUT2D eigenvalue weighted by molar-refractivity contribution is -0.148. The molecule has 2 atom stereocenters. The highest BCUT2D eigenvalue weighted by molar-refractivity contribution is 6.28. The zero-order valence-corrected chi connectivity index (χ0v) is 21.9. The summed E-state index contributed by atoms with van der Waals surface area (Å²) in [4.78, 5) is 33.6. The van der Waals surface area contributed by atoms with Crippen LogP contribution in [0.1, 0.15) is 57.2 Å². The molecule has 0 unspecified atom stereocenters. The molecule has 0 radical (unpaired) electrons. The van der Waals surface area contributed by atoms with Gasteiger partial charge in [0.25, 0.3) is 0 Å². The van der Waals surface area contributed by atoms with Crippen molar-refractivity contribution in [1.29, 1.82) is 0 Å². The van der Waals surface area contributed by atoms with Crippen molar-refractivity contribution >= 4 is 40.6 Å². The molecule has 3 aromatic heterocycles. The van der Waals surface area contributed by atoms with Crippen LogP contribution in [-0.4, -0.2) is 49.5 Å². The molecule has 0 aliphatic carbocycles. The van der Waals surface area contributed by atoms with Crippen LogP contribution in [-0.2, 0) is 25.6 Å². The Bertz CT molecular complexity index is 1190. The molecule has 1 fully saturated rings. The molecular weight excluding hydrogens is 514 g/mol. The summed E-state index contributed by atoms with van der Waals surface area (Å²) in [5.74, 6) is 0.198. The highest BCUT2D eigenvalue weighted by Crippen LogP contribution is 2.32. The maximum Gasteiger partial charge on any atom is 0.506 e. The van der Waals surface area contributed by atoms with Crippen molar-refractivity contribution in [3.63, 3.8) is 0 Å². The van der Waals surface area contributed by atoms with Gasteiger partial charge in [0.1, 0.15) is 30.9 Å². The topological polar surface area (TPSA) is 152 Å². The van der Waals surface area contributed by atoms with Crippen molar-refractivity contribution in [3.8, 4) is 12.8 Å². The van der Waals surface area contributed by atoms with Gasteiger partial charge in [-0.25, -0.2) is 9.78 Å².